The summed E-state index contributed by atoms with van der Waals surface area (Å²) in [6.45, 7) is 2.38. The number of hydrogen-bond acceptors (Lipinski definition) is 5. The minimum Gasteiger partial charge on any atom is -0.496 e. The van der Waals surface area contributed by atoms with E-state index in [-0.39, 0.29) is 17.6 Å². The van der Waals surface area contributed by atoms with E-state index in [1.165, 1.54) is 18.2 Å². The third-order valence-electron chi connectivity index (χ3n) is 5.10. The first-order chi connectivity index (χ1) is 14.1. The lowest BCUT2D eigenvalue weighted by Gasteiger charge is -2.29. The summed E-state index contributed by atoms with van der Waals surface area (Å²) in [7, 11) is 1.65. The summed E-state index contributed by atoms with van der Waals surface area (Å²) < 4.78 is 5.52. The summed E-state index contributed by atoms with van der Waals surface area (Å²) in [5, 5.41) is 14.0. The Kier molecular flexibility index (Phi) is 6.97. The van der Waals surface area contributed by atoms with E-state index >= 15 is 0 Å². The Balaban J connectivity index is 1.71. The molecule has 152 valence electrons. The lowest BCUT2D eigenvalue weighted by molar-refractivity contribution is -0.385. The van der Waals surface area contributed by atoms with Crippen LogP contribution in [0.3, 0.4) is 0 Å². The Morgan fingerprint density at radius 2 is 1.90 bits per heavy atom. The van der Waals surface area contributed by atoms with Gasteiger partial charge in [0.25, 0.3) is 5.69 Å². The normalized spacial score (nSPS) is 15.3. The van der Waals surface area contributed by atoms with E-state index in [1.54, 1.807) is 25.3 Å². The molecular formula is C22H25N3O4. The minimum absolute atomic E-state index is 0.0112. The van der Waals surface area contributed by atoms with Crippen molar-refractivity contribution in [2.45, 2.75) is 18.9 Å². The average Bonchev–Trinajstić information content (AvgIpc) is 3.27. The van der Waals surface area contributed by atoms with E-state index < -0.39 is 4.92 Å². The van der Waals surface area contributed by atoms with Gasteiger partial charge < -0.3 is 10.1 Å². The van der Waals surface area contributed by atoms with Gasteiger partial charge in [0.2, 0.25) is 5.91 Å². The van der Waals surface area contributed by atoms with Crippen LogP contribution in [0.2, 0.25) is 0 Å². The van der Waals surface area contributed by atoms with Crippen molar-refractivity contribution in [3.63, 3.8) is 0 Å². The molecule has 2 aromatic carbocycles. The molecule has 7 nitrogen and oxygen atoms in total. The number of nitro benzene ring substituents is 1. The van der Waals surface area contributed by atoms with E-state index in [9.17, 15) is 14.9 Å². The molecule has 1 unspecified atom stereocenters. The molecule has 3 rings (SSSR count). The van der Waals surface area contributed by atoms with Crippen LogP contribution in [-0.2, 0) is 4.79 Å². The van der Waals surface area contributed by atoms with Crippen LogP contribution >= 0.6 is 0 Å². The van der Waals surface area contributed by atoms with Crippen molar-refractivity contribution in [3.05, 3.63) is 75.8 Å². The molecule has 0 aromatic heterocycles. The fourth-order valence-electron chi connectivity index (χ4n) is 3.65. The van der Waals surface area contributed by atoms with Crippen molar-refractivity contribution in [2.75, 3.05) is 26.7 Å². The summed E-state index contributed by atoms with van der Waals surface area (Å²) >= 11 is 0. The average molecular weight is 395 g/mol. The topological polar surface area (TPSA) is 84.7 Å². The molecule has 29 heavy (non-hydrogen) atoms. The molecule has 2 aromatic rings. The van der Waals surface area contributed by atoms with E-state index in [4.69, 9.17) is 4.74 Å². The maximum atomic E-state index is 12.4. The first kappa shape index (κ1) is 20.5. The molecule has 1 amide bonds. The van der Waals surface area contributed by atoms with Gasteiger partial charge in [-0.25, -0.2) is 0 Å². The standard InChI is InChI=1S/C22H25N3O4/c1-29-21-11-5-3-9-18(21)20(24-14-6-7-15-24)16-23-22(26)13-12-17-8-2-4-10-19(17)25(27)28/h2-5,8-13,20H,6-7,14-16H2,1H3,(H,23,26)/b13-12+. The van der Waals surface area contributed by atoms with Gasteiger partial charge in [-0.05, 0) is 44.1 Å². The maximum Gasteiger partial charge on any atom is 0.276 e. The Labute approximate surface area is 170 Å². The molecule has 1 fully saturated rings. The van der Waals surface area contributed by atoms with Crippen molar-refractivity contribution in [1.29, 1.82) is 0 Å². The van der Waals surface area contributed by atoms with Gasteiger partial charge in [0.15, 0.2) is 0 Å². The van der Waals surface area contributed by atoms with Gasteiger partial charge in [-0.1, -0.05) is 30.3 Å². The van der Waals surface area contributed by atoms with Gasteiger partial charge in [0, 0.05) is 24.3 Å². The number of ether oxygens (including phenoxy) is 1. The Morgan fingerprint density at radius 3 is 2.62 bits per heavy atom. The van der Waals surface area contributed by atoms with Gasteiger partial charge >= 0.3 is 0 Å². The number of likely N-dealkylation sites (tertiary alicyclic amines) is 1. The molecule has 0 bridgehead atoms. The van der Waals surface area contributed by atoms with Crippen molar-refractivity contribution < 1.29 is 14.5 Å². The second-order valence-corrected chi connectivity index (χ2v) is 6.90. The summed E-state index contributed by atoms with van der Waals surface area (Å²) in [6, 6.07) is 14.2. The first-order valence-corrected chi connectivity index (χ1v) is 9.66. The molecule has 0 spiro atoms. The van der Waals surface area contributed by atoms with Crippen LogP contribution in [0.4, 0.5) is 5.69 Å². The molecular weight excluding hydrogens is 370 g/mol. The van der Waals surface area contributed by atoms with E-state index in [2.05, 4.69) is 10.2 Å². The van der Waals surface area contributed by atoms with Crippen molar-refractivity contribution >= 4 is 17.7 Å². The number of para-hydroxylation sites is 2. The molecule has 1 N–H and O–H groups in total. The van der Waals surface area contributed by atoms with Gasteiger partial charge in [-0.3, -0.25) is 19.8 Å². The third kappa shape index (κ3) is 5.20. The smallest absolute Gasteiger partial charge is 0.276 e. The van der Waals surface area contributed by atoms with Crippen LogP contribution in [0.25, 0.3) is 6.08 Å². The number of carbonyl (C=O) groups excluding carboxylic acids is 1. The number of rotatable bonds is 8. The zero-order valence-corrected chi connectivity index (χ0v) is 16.4. The zero-order chi connectivity index (χ0) is 20.6. The second kappa shape index (κ2) is 9.84. The zero-order valence-electron chi connectivity index (χ0n) is 16.4. The molecule has 1 atom stereocenters. The minimum atomic E-state index is -0.456. The Bertz CT molecular complexity index is 891. The third-order valence-corrected chi connectivity index (χ3v) is 5.10. The van der Waals surface area contributed by atoms with Crippen LogP contribution < -0.4 is 10.1 Å². The predicted octanol–water partition coefficient (Wildman–Crippen LogP) is 3.57. The molecule has 0 radical (unpaired) electrons. The van der Waals surface area contributed by atoms with Crippen molar-refractivity contribution in [2.24, 2.45) is 0 Å². The summed E-state index contributed by atoms with van der Waals surface area (Å²) in [5.41, 5.74) is 1.41. The van der Waals surface area contributed by atoms with Gasteiger partial charge in [0.05, 0.1) is 23.6 Å². The highest BCUT2D eigenvalue weighted by Gasteiger charge is 2.26. The number of nitrogens with one attached hydrogen (secondary N) is 1. The van der Waals surface area contributed by atoms with E-state index in [0.717, 1.165) is 37.2 Å². The monoisotopic (exact) mass is 395 g/mol. The van der Waals surface area contributed by atoms with Gasteiger partial charge in [0.1, 0.15) is 5.75 Å². The number of carbonyl (C=O) groups is 1. The highest BCUT2D eigenvalue weighted by Crippen LogP contribution is 2.31. The quantitative estimate of drug-likeness (QED) is 0.420. The van der Waals surface area contributed by atoms with Crippen LogP contribution in [0.15, 0.2) is 54.6 Å². The lowest BCUT2D eigenvalue weighted by Crippen LogP contribution is -2.36. The second-order valence-electron chi connectivity index (χ2n) is 6.90. The molecule has 7 heteroatoms. The Morgan fingerprint density at radius 1 is 1.21 bits per heavy atom. The SMILES string of the molecule is COc1ccccc1C(CNC(=O)/C=C/c1ccccc1[N+](=O)[O-])N1CCCC1. The molecule has 1 aliphatic heterocycles. The summed E-state index contributed by atoms with van der Waals surface area (Å²) in [4.78, 5) is 25.4. The lowest BCUT2D eigenvalue weighted by atomic mass is 10.0. The number of benzene rings is 2. The molecule has 0 saturated carbocycles. The van der Waals surface area contributed by atoms with Crippen LogP contribution in [0.5, 0.6) is 5.75 Å². The maximum absolute atomic E-state index is 12.4. The van der Waals surface area contributed by atoms with Gasteiger partial charge in [-0.15, -0.1) is 0 Å². The molecule has 1 aliphatic rings. The number of amides is 1. The van der Waals surface area contributed by atoms with Crippen LogP contribution in [0.1, 0.15) is 30.0 Å². The number of hydrogen-bond donors (Lipinski definition) is 1. The summed E-state index contributed by atoms with van der Waals surface area (Å²) in [6.07, 6.45) is 5.08. The van der Waals surface area contributed by atoms with Gasteiger partial charge in [-0.2, -0.15) is 0 Å². The molecule has 1 heterocycles. The van der Waals surface area contributed by atoms with Crippen LogP contribution in [0, 0.1) is 10.1 Å². The fraction of sp³-hybridized carbons (Fsp3) is 0.318. The molecule has 1 saturated heterocycles. The predicted molar refractivity (Wildman–Crippen MR) is 112 cm³/mol. The number of methoxy groups -OCH3 is 1. The first-order valence-electron chi connectivity index (χ1n) is 9.66. The summed E-state index contributed by atoms with van der Waals surface area (Å²) in [5.74, 6) is 0.511. The largest absolute Gasteiger partial charge is 0.496 e. The van der Waals surface area contributed by atoms with E-state index in [0.29, 0.717) is 12.1 Å². The van der Waals surface area contributed by atoms with Crippen molar-refractivity contribution in [1.82, 2.24) is 10.2 Å². The molecule has 0 aliphatic carbocycles. The van der Waals surface area contributed by atoms with Crippen LogP contribution in [-0.4, -0.2) is 42.5 Å². The van der Waals surface area contributed by atoms with Crippen molar-refractivity contribution in [3.8, 4) is 5.75 Å². The number of nitro groups is 1. The number of nitrogens with zero attached hydrogens (tertiary/aromatic N) is 2. The van der Waals surface area contributed by atoms with E-state index in [1.807, 2.05) is 24.3 Å². The fourth-order valence-corrected chi connectivity index (χ4v) is 3.65. The Hall–Kier alpha value is -3.19. The highest BCUT2D eigenvalue weighted by atomic mass is 16.6. The highest BCUT2D eigenvalue weighted by molar-refractivity contribution is 5.92.